The summed E-state index contributed by atoms with van der Waals surface area (Å²) in [6.07, 6.45) is 0. The predicted molar refractivity (Wildman–Crippen MR) is 42.8 cm³/mol. The second-order valence-corrected chi connectivity index (χ2v) is 3.47. The Morgan fingerprint density at radius 3 is 2.67 bits per heavy atom. The third kappa shape index (κ3) is 2.56. The van der Waals surface area contributed by atoms with Crippen molar-refractivity contribution in [2.24, 2.45) is 0 Å². The fourth-order valence-corrected chi connectivity index (χ4v) is 1.96. The van der Waals surface area contributed by atoms with Crippen LogP contribution in [0, 0.1) is 0 Å². The molecule has 0 aromatic rings. The van der Waals surface area contributed by atoms with Crippen LogP contribution in [0.3, 0.4) is 0 Å². The van der Waals surface area contributed by atoms with E-state index in [0.29, 0.717) is 0 Å². The van der Waals surface area contributed by atoms with Gasteiger partial charge in [-0.15, -0.1) is 0 Å². The van der Waals surface area contributed by atoms with Crippen LogP contribution in [0.15, 0.2) is 0 Å². The van der Waals surface area contributed by atoms with Crippen molar-refractivity contribution in [3.05, 3.63) is 0 Å². The maximum atomic E-state index is 3.15. The number of hydrogen-bond acceptors (Lipinski definition) is 3. The molecule has 0 spiro atoms. The zero-order valence-electron chi connectivity index (χ0n) is 5.89. The number of rotatable bonds is 2. The van der Waals surface area contributed by atoms with Gasteiger partial charge in [-0.2, -0.15) is 11.8 Å². The highest BCUT2D eigenvalue weighted by molar-refractivity contribution is 7.99. The fourth-order valence-electron chi connectivity index (χ4n) is 0.983. The highest BCUT2D eigenvalue weighted by Gasteiger charge is 2.07. The molecule has 0 aromatic heterocycles. The lowest BCUT2D eigenvalue weighted by Crippen LogP contribution is -2.38. The van der Waals surface area contributed by atoms with Gasteiger partial charge in [-0.3, -0.25) is 4.90 Å². The van der Waals surface area contributed by atoms with E-state index in [-0.39, 0.29) is 0 Å². The summed E-state index contributed by atoms with van der Waals surface area (Å²) in [5, 5.41) is 3.15. The summed E-state index contributed by atoms with van der Waals surface area (Å²) in [5.41, 5.74) is 0. The molecule has 3 heteroatoms. The Hall–Kier alpha value is 0.270. The van der Waals surface area contributed by atoms with Crippen LogP contribution in [0.2, 0.25) is 0 Å². The number of thioether (sulfide) groups is 1. The van der Waals surface area contributed by atoms with Gasteiger partial charge in [-0.05, 0) is 7.05 Å². The Kier molecular flexibility index (Phi) is 3.40. The van der Waals surface area contributed by atoms with Gasteiger partial charge < -0.3 is 5.32 Å². The molecule has 0 aromatic carbocycles. The van der Waals surface area contributed by atoms with Crippen LogP contribution >= 0.6 is 11.8 Å². The molecule has 2 nitrogen and oxygen atoms in total. The van der Waals surface area contributed by atoms with Crippen LogP contribution in [-0.4, -0.2) is 43.2 Å². The monoisotopic (exact) mass is 146 g/mol. The first-order valence-electron chi connectivity index (χ1n) is 3.38. The molecular weight excluding hydrogens is 132 g/mol. The second kappa shape index (κ2) is 4.14. The molecule has 1 heterocycles. The lowest BCUT2D eigenvalue weighted by atomic mass is 10.5. The molecule has 1 aliphatic heterocycles. The van der Waals surface area contributed by atoms with Crippen molar-refractivity contribution in [1.29, 1.82) is 0 Å². The highest BCUT2D eigenvalue weighted by atomic mass is 32.2. The van der Waals surface area contributed by atoms with E-state index in [1.807, 2.05) is 7.05 Å². The summed E-state index contributed by atoms with van der Waals surface area (Å²) < 4.78 is 0. The van der Waals surface area contributed by atoms with Gasteiger partial charge in [0.2, 0.25) is 0 Å². The van der Waals surface area contributed by atoms with Gasteiger partial charge in [0.25, 0.3) is 0 Å². The van der Waals surface area contributed by atoms with E-state index in [0.717, 1.165) is 6.67 Å². The molecule has 0 radical (unpaired) electrons. The van der Waals surface area contributed by atoms with Crippen molar-refractivity contribution in [2.45, 2.75) is 0 Å². The van der Waals surface area contributed by atoms with E-state index in [4.69, 9.17) is 0 Å². The van der Waals surface area contributed by atoms with Gasteiger partial charge in [0.05, 0.1) is 0 Å². The third-order valence-electron chi connectivity index (χ3n) is 1.49. The molecule has 0 bridgehead atoms. The second-order valence-electron chi connectivity index (χ2n) is 2.24. The molecule has 54 valence electrons. The van der Waals surface area contributed by atoms with Crippen molar-refractivity contribution >= 4 is 11.8 Å². The van der Waals surface area contributed by atoms with Gasteiger partial charge in [0, 0.05) is 31.3 Å². The first-order valence-corrected chi connectivity index (χ1v) is 4.53. The molecule has 0 amide bonds. The summed E-state index contributed by atoms with van der Waals surface area (Å²) in [6, 6.07) is 0. The minimum absolute atomic E-state index is 1.06. The van der Waals surface area contributed by atoms with Crippen LogP contribution in [-0.2, 0) is 0 Å². The van der Waals surface area contributed by atoms with Gasteiger partial charge in [0.15, 0.2) is 0 Å². The van der Waals surface area contributed by atoms with E-state index in [2.05, 4.69) is 22.0 Å². The summed E-state index contributed by atoms with van der Waals surface area (Å²) in [6.45, 7) is 3.57. The minimum Gasteiger partial charge on any atom is -0.307 e. The van der Waals surface area contributed by atoms with Crippen molar-refractivity contribution in [2.75, 3.05) is 38.3 Å². The zero-order chi connectivity index (χ0) is 6.53. The Labute approximate surface area is 61.0 Å². The van der Waals surface area contributed by atoms with Crippen molar-refractivity contribution in [3.63, 3.8) is 0 Å². The summed E-state index contributed by atoms with van der Waals surface area (Å²) in [7, 11) is 2.00. The third-order valence-corrected chi connectivity index (χ3v) is 2.43. The first kappa shape index (κ1) is 7.38. The number of nitrogens with zero attached hydrogens (tertiary/aromatic N) is 1. The number of nitrogens with one attached hydrogen (secondary N) is 1. The maximum Gasteiger partial charge on any atom is 0.0478 e. The van der Waals surface area contributed by atoms with Crippen LogP contribution < -0.4 is 5.32 Å². The number of hydrogen-bond donors (Lipinski definition) is 1. The normalized spacial score (nSPS) is 22.3. The maximum absolute atomic E-state index is 3.15. The Bertz CT molecular complexity index is 68.7. The molecule has 0 saturated carbocycles. The van der Waals surface area contributed by atoms with Gasteiger partial charge in [-0.1, -0.05) is 0 Å². The molecule has 0 unspecified atom stereocenters. The quantitative estimate of drug-likeness (QED) is 0.599. The average molecular weight is 146 g/mol. The lowest BCUT2D eigenvalue weighted by molar-refractivity contribution is 0.287. The highest BCUT2D eigenvalue weighted by Crippen LogP contribution is 2.07. The lowest BCUT2D eigenvalue weighted by Gasteiger charge is -2.25. The average Bonchev–Trinajstić information content (AvgIpc) is 1.91. The van der Waals surface area contributed by atoms with Gasteiger partial charge >= 0.3 is 0 Å². The van der Waals surface area contributed by atoms with E-state index in [1.54, 1.807) is 0 Å². The predicted octanol–water partition coefficient (Wildman–Crippen LogP) is 0.212. The zero-order valence-corrected chi connectivity index (χ0v) is 6.71. The molecule has 0 aliphatic carbocycles. The molecule has 9 heavy (non-hydrogen) atoms. The van der Waals surface area contributed by atoms with Crippen molar-refractivity contribution < 1.29 is 0 Å². The molecule has 1 N–H and O–H groups in total. The van der Waals surface area contributed by atoms with E-state index >= 15 is 0 Å². The minimum atomic E-state index is 1.06. The van der Waals surface area contributed by atoms with E-state index in [9.17, 15) is 0 Å². The topological polar surface area (TPSA) is 15.3 Å². The summed E-state index contributed by atoms with van der Waals surface area (Å²) in [5.74, 6) is 2.61. The van der Waals surface area contributed by atoms with E-state index < -0.39 is 0 Å². The Balaban J connectivity index is 2.08. The largest absolute Gasteiger partial charge is 0.307 e. The molecule has 1 fully saturated rings. The molecule has 1 saturated heterocycles. The summed E-state index contributed by atoms with van der Waals surface area (Å²) >= 11 is 2.06. The smallest absolute Gasteiger partial charge is 0.0478 e. The van der Waals surface area contributed by atoms with Crippen LogP contribution in [0.4, 0.5) is 0 Å². The van der Waals surface area contributed by atoms with E-state index in [1.165, 1.54) is 24.6 Å². The molecule has 1 rings (SSSR count). The van der Waals surface area contributed by atoms with Crippen LogP contribution in [0.5, 0.6) is 0 Å². The standard InChI is InChI=1S/C6H14N2S/c1-7-6-8-2-4-9-5-3-8/h7H,2-6H2,1H3. The molecular formula is C6H14N2S. The van der Waals surface area contributed by atoms with Crippen molar-refractivity contribution in [3.8, 4) is 0 Å². The Morgan fingerprint density at radius 1 is 1.44 bits per heavy atom. The van der Waals surface area contributed by atoms with Gasteiger partial charge in [-0.25, -0.2) is 0 Å². The first-order chi connectivity index (χ1) is 4.43. The fraction of sp³-hybridized carbons (Fsp3) is 1.00. The van der Waals surface area contributed by atoms with Crippen molar-refractivity contribution in [1.82, 2.24) is 10.2 Å². The summed E-state index contributed by atoms with van der Waals surface area (Å²) in [4.78, 5) is 2.44. The molecule has 0 atom stereocenters. The van der Waals surface area contributed by atoms with Gasteiger partial charge in [0.1, 0.15) is 0 Å². The molecule has 1 aliphatic rings. The SMILES string of the molecule is CNCN1CCSCC1. The van der Waals surface area contributed by atoms with Crippen LogP contribution in [0.1, 0.15) is 0 Å². The van der Waals surface area contributed by atoms with Crippen LogP contribution in [0.25, 0.3) is 0 Å². The Morgan fingerprint density at radius 2 is 2.11 bits per heavy atom.